The number of aromatic amines is 1. The van der Waals surface area contributed by atoms with Crippen LogP contribution in [0.4, 0.5) is 5.69 Å². The van der Waals surface area contributed by atoms with Crippen LogP contribution in [-0.2, 0) is 11.2 Å². The van der Waals surface area contributed by atoms with Crippen molar-refractivity contribution in [2.75, 3.05) is 5.32 Å². The number of benzene rings is 2. The van der Waals surface area contributed by atoms with Crippen molar-refractivity contribution < 1.29 is 14.3 Å². The van der Waals surface area contributed by atoms with Gasteiger partial charge in [0.25, 0.3) is 11.8 Å². The average Bonchev–Trinajstić information content (AvgIpc) is 3.19. The molecular formula is C19H17N3O3. The van der Waals surface area contributed by atoms with Gasteiger partial charge >= 0.3 is 0 Å². The molecule has 126 valence electrons. The molecule has 2 aromatic carbocycles. The van der Waals surface area contributed by atoms with Crippen molar-refractivity contribution in [1.82, 2.24) is 4.98 Å². The fourth-order valence-electron chi connectivity index (χ4n) is 3.14. The minimum Gasteiger partial charge on any atom is -0.480 e. The zero-order valence-electron chi connectivity index (χ0n) is 13.6. The van der Waals surface area contributed by atoms with E-state index >= 15 is 0 Å². The minimum atomic E-state index is -0.542. The van der Waals surface area contributed by atoms with Gasteiger partial charge in [-0.2, -0.15) is 0 Å². The maximum Gasteiger partial charge on any atom is 0.265 e. The fraction of sp³-hybridized carbons (Fsp3) is 0.158. The Hall–Kier alpha value is -3.28. The molecule has 0 bridgehead atoms. The van der Waals surface area contributed by atoms with Gasteiger partial charge in [0, 0.05) is 23.0 Å². The molecule has 2 heterocycles. The lowest BCUT2D eigenvalue weighted by molar-refractivity contribution is -0.122. The summed E-state index contributed by atoms with van der Waals surface area (Å²) in [5.74, 6) is 0.0877. The topological polar surface area (TPSA) is 97.2 Å². The number of ether oxygens (including phenoxy) is 1. The molecule has 4 rings (SSSR count). The van der Waals surface area contributed by atoms with Gasteiger partial charge in [0.15, 0.2) is 6.10 Å². The standard InChI is InChI=1S/C19H17N3O3/c1-10-3-2-4-11-9-16(25-17(10)11)19(24)21-13-5-6-14-12(7-13)8-15(22-14)18(20)23/h2-8,16,22H,9H2,1H3,(H2,20,23)(H,21,24). The molecule has 1 atom stereocenters. The Morgan fingerprint density at radius 1 is 1.24 bits per heavy atom. The zero-order chi connectivity index (χ0) is 17.6. The molecule has 1 unspecified atom stereocenters. The third-order valence-electron chi connectivity index (χ3n) is 4.41. The Morgan fingerprint density at radius 3 is 2.84 bits per heavy atom. The SMILES string of the molecule is Cc1cccc2c1OC(C(=O)Nc1ccc3[nH]c(C(N)=O)cc3c1)C2. The Kier molecular flexibility index (Phi) is 3.46. The average molecular weight is 335 g/mol. The van der Waals surface area contributed by atoms with Crippen LogP contribution in [-0.4, -0.2) is 22.9 Å². The molecule has 0 saturated heterocycles. The molecule has 25 heavy (non-hydrogen) atoms. The zero-order valence-corrected chi connectivity index (χ0v) is 13.6. The summed E-state index contributed by atoms with van der Waals surface area (Å²) in [6, 6.07) is 12.9. The number of carbonyl (C=O) groups is 2. The molecule has 6 heteroatoms. The van der Waals surface area contributed by atoms with E-state index in [1.165, 1.54) is 0 Å². The van der Waals surface area contributed by atoms with Gasteiger partial charge in [0.1, 0.15) is 11.4 Å². The van der Waals surface area contributed by atoms with E-state index in [2.05, 4.69) is 10.3 Å². The predicted molar refractivity (Wildman–Crippen MR) is 94.7 cm³/mol. The molecule has 0 radical (unpaired) electrons. The smallest absolute Gasteiger partial charge is 0.265 e. The number of nitrogens with two attached hydrogens (primary N) is 1. The van der Waals surface area contributed by atoms with E-state index in [0.717, 1.165) is 27.8 Å². The Balaban J connectivity index is 1.52. The summed E-state index contributed by atoms with van der Waals surface area (Å²) in [6.07, 6.45) is 0.0142. The number of anilines is 1. The molecule has 1 aromatic heterocycles. The van der Waals surface area contributed by atoms with Gasteiger partial charge in [0.05, 0.1) is 0 Å². The molecule has 6 nitrogen and oxygen atoms in total. The minimum absolute atomic E-state index is 0.194. The third kappa shape index (κ3) is 2.71. The lowest BCUT2D eigenvalue weighted by Gasteiger charge is -2.12. The van der Waals surface area contributed by atoms with Crippen LogP contribution < -0.4 is 15.8 Å². The van der Waals surface area contributed by atoms with Crippen molar-refractivity contribution in [3.63, 3.8) is 0 Å². The van der Waals surface area contributed by atoms with Crippen molar-refractivity contribution in [1.29, 1.82) is 0 Å². The lowest BCUT2D eigenvalue weighted by Crippen LogP contribution is -2.31. The number of rotatable bonds is 3. The second kappa shape index (κ2) is 5.66. The number of nitrogens with one attached hydrogen (secondary N) is 2. The first-order valence-electron chi connectivity index (χ1n) is 8.00. The number of carbonyl (C=O) groups excluding carboxylic acids is 2. The van der Waals surface area contributed by atoms with Crippen molar-refractivity contribution in [3.8, 4) is 5.75 Å². The maximum absolute atomic E-state index is 12.5. The van der Waals surface area contributed by atoms with Crippen LogP contribution >= 0.6 is 0 Å². The summed E-state index contributed by atoms with van der Waals surface area (Å²) in [5.41, 5.74) is 9.12. The van der Waals surface area contributed by atoms with Crippen LogP contribution in [0, 0.1) is 6.92 Å². The van der Waals surface area contributed by atoms with E-state index in [0.29, 0.717) is 17.8 Å². The predicted octanol–water partition coefficient (Wildman–Crippen LogP) is 2.52. The monoisotopic (exact) mass is 335 g/mol. The van der Waals surface area contributed by atoms with Crippen LogP contribution in [0.15, 0.2) is 42.5 Å². The molecule has 2 amide bonds. The normalized spacial score (nSPS) is 15.6. The lowest BCUT2D eigenvalue weighted by atomic mass is 10.1. The maximum atomic E-state index is 12.5. The van der Waals surface area contributed by atoms with Gasteiger partial charge in [-0.1, -0.05) is 18.2 Å². The van der Waals surface area contributed by atoms with Crippen molar-refractivity contribution in [3.05, 3.63) is 59.3 Å². The third-order valence-corrected chi connectivity index (χ3v) is 4.41. The molecular weight excluding hydrogens is 318 g/mol. The molecule has 1 aliphatic heterocycles. The van der Waals surface area contributed by atoms with Gasteiger partial charge in [-0.05, 0) is 42.3 Å². The van der Waals surface area contributed by atoms with E-state index in [9.17, 15) is 9.59 Å². The highest BCUT2D eigenvalue weighted by atomic mass is 16.5. The summed E-state index contributed by atoms with van der Waals surface area (Å²) < 4.78 is 5.82. The summed E-state index contributed by atoms with van der Waals surface area (Å²) in [7, 11) is 0. The fourth-order valence-corrected chi connectivity index (χ4v) is 3.14. The Bertz CT molecular complexity index is 1010. The number of aromatic nitrogens is 1. The van der Waals surface area contributed by atoms with Crippen LogP contribution in [0.3, 0.4) is 0 Å². The highest BCUT2D eigenvalue weighted by Gasteiger charge is 2.30. The summed E-state index contributed by atoms with van der Waals surface area (Å²) in [4.78, 5) is 26.7. The second-order valence-electron chi connectivity index (χ2n) is 6.21. The molecule has 0 spiro atoms. The van der Waals surface area contributed by atoms with E-state index in [4.69, 9.17) is 10.5 Å². The van der Waals surface area contributed by atoms with Crippen LogP contribution in [0.25, 0.3) is 10.9 Å². The first kappa shape index (κ1) is 15.3. The number of hydrogen-bond donors (Lipinski definition) is 3. The molecule has 3 aromatic rings. The molecule has 0 fully saturated rings. The largest absolute Gasteiger partial charge is 0.480 e. The molecule has 0 aliphatic carbocycles. The van der Waals surface area contributed by atoms with Gasteiger partial charge in [-0.3, -0.25) is 9.59 Å². The molecule has 1 aliphatic rings. The first-order valence-corrected chi connectivity index (χ1v) is 8.00. The number of fused-ring (bicyclic) bond motifs is 2. The summed E-state index contributed by atoms with van der Waals surface area (Å²) in [5, 5.41) is 3.68. The van der Waals surface area contributed by atoms with Crippen molar-refractivity contribution in [2.24, 2.45) is 5.73 Å². The van der Waals surface area contributed by atoms with Gasteiger partial charge < -0.3 is 20.8 Å². The highest BCUT2D eigenvalue weighted by Crippen LogP contribution is 2.32. The number of para-hydroxylation sites is 1. The number of hydrogen-bond acceptors (Lipinski definition) is 3. The van der Waals surface area contributed by atoms with Crippen molar-refractivity contribution >= 4 is 28.4 Å². The molecule has 4 N–H and O–H groups in total. The highest BCUT2D eigenvalue weighted by molar-refractivity contribution is 6.00. The number of amides is 2. The van der Waals surface area contributed by atoms with Crippen LogP contribution in [0.2, 0.25) is 0 Å². The van der Waals surface area contributed by atoms with Crippen LogP contribution in [0.1, 0.15) is 21.6 Å². The number of primary amides is 1. The van der Waals surface area contributed by atoms with Gasteiger partial charge in [-0.25, -0.2) is 0 Å². The number of aryl methyl sites for hydroxylation is 1. The molecule has 0 saturated carbocycles. The summed E-state index contributed by atoms with van der Waals surface area (Å²) >= 11 is 0. The Labute approximate surface area is 144 Å². The van der Waals surface area contributed by atoms with E-state index in [1.54, 1.807) is 24.3 Å². The Morgan fingerprint density at radius 2 is 2.08 bits per heavy atom. The first-order chi connectivity index (χ1) is 12.0. The van der Waals surface area contributed by atoms with Crippen LogP contribution in [0.5, 0.6) is 5.75 Å². The quantitative estimate of drug-likeness (QED) is 0.686. The van der Waals surface area contributed by atoms with E-state index in [1.807, 2.05) is 25.1 Å². The van der Waals surface area contributed by atoms with Gasteiger partial charge in [-0.15, -0.1) is 0 Å². The van der Waals surface area contributed by atoms with E-state index < -0.39 is 12.0 Å². The van der Waals surface area contributed by atoms with E-state index in [-0.39, 0.29) is 5.91 Å². The van der Waals surface area contributed by atoms with Crippen molar-refractivity contribution in [2.45, 2.75) is 19.4 Å². The van der Waals surface area contributed by atoms with Gasteiger partial charge in [0.2, 0.25) is 0 Å². The second-order valence-corrected chi connectivity index (χ2v) is 6.21. The number of H-pyrrole nitrogens is 1. The summed E-state index contributed by atoms with van der Waals surface area (Å²) in [6.45, 7) is 1.97.